The summed E-state index contributed by atoms with van der Waals surface area (Å²) in [4.78, 5) is 3.41. The van der Waals surface area contributed by atoms with Crippen molar-refractivity contribution >= 4 is 22.5 Å². The molecule has 0 spiro atoms. The van der Waals surface area contributed by atoms with Crippen LogP contribution >= 0.6 is 11.6 Å². The van der Waals surface area contributed by atoms with Crippen molar-refractivity contribution in [3.05, 3.63) is 35.0 Å². The zero-order valence-electron chi connectivity index (χ0n) is 12.9. The molecule has 0 aliphatic heterocycles. The lowest BCUT2D eigenvalue weighted by Gasteiger charge is -2.51. The first-order valence-corrected chi connectivity index (χ1v) is 8.02. The van der Waals surface area contributed by atoms with E-state index in [0.29, 0.717) is 12.1 Å². The number of rotatable bonds is 5. The zero-order valence-corrected chi connectivity index (χ0v) is 13.6. The number of para-hydroxylation sites is 1. The molecule has 0 saturated heterocycles. The van der Waals surface area contributed by atoms with Crippen molar-refractivity contribution in [3.8, 4) is 0 Å². The van der Waals surface area contributed by atoms with Crippen LogP contribution in [0.3, 0.4) is 0 Å². The van der Waals surface area contributed by atoms with Gasteiger partial charge in [-0.15, -0.1) is 0 Å². The van der Waals surface area contributed by atoms with E-state index in [9.17, 15) is 0 Å². The van der Waals surface area contributed by atoms with Gasteiger partial charge < -0.3 is 15.0 Å². The van der Waals surface area contributed by atoms with Crippen molar-refractivity contribution in [2.24, 2.45) is 5.41 Å². The van der Waals surface area contributed by atoms with E-state index in [1.165, 1.54) is 0 Å². The van der Waals surface area contributed by atoms with Crippen LogP contribution in [-0.4, -0.2) is 23.7 Å². The maximum atomic E-state index is 6.46. The summed E-state index contributed by atoms with van der Waals surface area (Å²) in [5.41, 5.74) is 2.34. The lowest BCUT2D eigenvalue weighted by atomic mass is 9.64. The second-order valence-corrected chi connectivity index (χ2v) is 6.78. The minimum Gasteiger partial charge on any atom is -0.378 e. The van der Waals surface area contributed by atoms with Crippen molar-refractivity contribution in [2.45, 2.75) is 45.9 Å². The molecule has 1 heterocycles. The van der Waals surface area contributed by atoms with Crippen LogP contribution in [-0.2, 0) is 11.3 Å². The molecular formula is C17H23ClN2O. The molecule has 0 bridgehead atoms. The number of nitrogens with one attached hydrogen (secondary N) is 2. The van der Waals surface area contributed by atoms with Crippen LogP contribution in [0.4, 0.5) is 0 Å². The van der Waals surface area contributed by atoms with Gasteiger partial charge in [-0.1, -0.05) is 43.6 Å². The summed E-state index contributed by atoms with van der Waals surface area (Å²) >= 11 is 6.46. The van der Waals surface area contributed by atoms with E-state index in [-0.39, 0.29) is 5.41 Å². The minimum absolute atomic E-state index is 0.175. The Kier molecular flexibility index (Phi) is 4.00. The predicted octanol–water partition coefficient (Wildman–Crippen LogP) is 4.11. The van der Waals surface area contributed by atoms with Crippen LogP contribution in [0.15, 0.2) is 24.3 Å². The van der Waals surface area contributed by atoms with Crippen LogP contribution in [0.25, 0.3) is 10.9 Å². The molecule has 1 aliphatic rings. The molecule has 2 aromatic rings. The fourth-order valence-corrected chi connectivity index (χ4v) is 3.51. The molecule has 21 heavy (non-hydrogen) atoms. The number of ether oxygens (including phenoxy) is 1. The SMILES string of the molecule is CCOC1CC(NCc2[nH]c3ccccc3c2Cl)C1(C)C. The van der Waals surface area contributed by atoms with Gasteiger partial charge in [0.2, 0.25) is 0 Å². The first kappa shape index (κ1) is 14.9. The average molecular weight is 307 g/mol. The van der Waals surface area contributed by atoms with Gasteiger partial charge in [-0.3, -0.25) is 0 Å². The number of hydrogen-bond acceptors (Lipinski definition) is 2. The predicted molar refractivity (Wildman–Crippen MR) is 87.7 cm³/mol. The van der Waals surface area contributed by atoms with Crippen LogP contribution in [0, 0.1) is 5.41 Å². The molecule has 1 saturated carbocycles. The average Bonchev–Trinajstić information content (AvgIpc) is 2.79. The Morgan fingerprint density at radius 1 is 1.38 bits per heavy atom. The summed E-state index contributed by atoms with van der Waals surface area (Å²) in [5.74, 6) is 0. The summed E-state index contributed by atoms with van der Waals surface area (Å²) in [5, 5.41) is 5.54. The molecule has 1 aromatic carbocycles. The van der Waals surface area contributed by atoms with Gasteiger partial charge in [-0.2, -0.15) is 0 Å². The van der Waals surface area contributed by atoms with E-state index in [1.54, 1.807) is 0 Å². The Hall–Kier alpha value is -1.03. The number of halogens is 1. The summed E-state index contributed by atoms with van der Waals surface area (Å²) in [6, 6.07) is 8.62. The highest BCUT2D eigenvalue weighted by molar-refractivity contribution is 6.36. The topological polar surface area (TPSA) is 37.0 Å². The molecule has 0 amide bonds. The number of fused-ring (bicyclic) bond motifs is 1. The van der Waals surface area contributed by atoms with E-state index < -0.39 is 0 Å². The molecule has 3 rings (SSSR count). The Bertz CT molecular complexity index is 635. The molecule has 1 aliphatic carbocycles. The largest absolute Gasteiger partial charge is 0.378 e. The van der Waals surface area contributed by atoms with Gasteiger partial charge in [0, 0.05) is 41.2 Å². The van der Waals surface area contributed by atoms with E-state index in [4.69, 9.17) is 16.3 Å². The van der Waals surface area contributed by atoms with E-state index in [1.807, 2.05) is 12.1 Å². The number of benzene rings is 1. The first-order chi connectivity index (χ1) is 10.0. The van der Waals surface area contributed by atoms with E-state index in [0.717, 1.165) is 41.2 Å². The number of aromatic amines is 1. The van der Waals surface area contributed by atoms with Gasteiger partial charge in [0.25, 0.3) is 0 Å². The molecule has 114 valence electrons. The van der Waals surface area contributed by atoms with Gasteiger partial charge in [0.1, 0.15) is 0 Å². The van der Waals surface area contributed by atoms with Crippen LogP contribution < -0.4 is 5.32 Å². The van der Waals surface area contributed by atoms with E-state index >= 15 is 0 Å². The highest BCUT2D eigenvalue weighted by Gasteiger charge is 2.48. The highest BCUT2D eigenvalue weighted by atomic mass is 35.5. The van der Waals surface area contributed by atoms with Gasteiger partial charge in [0.15, 0.2) is 0 Å². The molecular weight excluding hydrogens is 284 g/mol. The number of H-pyrrole nitrogens is 1. The second kappa shape index (κ2) is 5.64. The lowest BCUT2D eigenvalue weighted by molar-refractivity contribution is -0.114. The summed E-state index contributed by atoms with van der Waals surface area (Å²) in [7, 11) is 0. The fraction of sp³-hybridized carbons (Fsp3) is 0.529. The summed E-state index contributed by atoms with van der Waals surface area (Å²) in [6.45, 7) is 8.14. The molecule has 2 unspecified atom stereocenters. The standard InChI is InChI=1S/C17H23ClN2O/c1-4-21-15-9-14(17(15,2)3)19-10-13-16(18)11-7-5-6-8-12(11)20-13/h5-8,14-15,19-20H,4,9-10H2,1-3H3. The molecule has 2 N–H and O–H groups in total. The molecule has 1 aromatic heterocycles. The maximum absolute atomic E-state index is 6.46. The normalized spacial score (nSPS) is 24.2. The fourth-order valence-electron chi connectivity index (χ4n) is 3.23. The minimum atomic E-state index is 0.175. The molecule has 4 heteroatoms. The lowest BCUT2D eigenvalue weighted by Crippen LogP contribution is -2.60. The number of hydrogen-bond donors (Lipinski definition) is 2. The Morgan fingerprint density at radius 2 is 2.14 bits per heavy atom. The van der Waals surface area contributed by atoms with Crippen LogP contribution in [0.1, 0.15) is 32.9 Å². The quantitative estimate of drug-likeness (QED) is 0.872. The highest BCUT2D eigenvalue weighted by Crippen LogP contribution is 2.43. The molecule has 1 fully saturated rings. The van der Waals surface area contributed by atoms with Gasteiger partial charge >= 0.3 is 0 Å². The molecule has 2 atom stereocenters. The van der Waals surface area contributed by atoms with Gasteiger partial charge in [-0.25, -0.2) is 0 Å². The third kappa shape index (κ3) is 2.59. The first-order valence-electron chi connectivity index (χ1n) is 7.64. The molecule has 0 radical (unpaired) electrons. The van der Waals surface area contributed by atoms with Gasteiger partial charge in [0.05, 0.1) is 11.1 Å². The van der Waals surface area contributed by atoms with Crippen molar-refractivity contribution in [1.82, 2.24) is 10.3 Å². The van der Waals surface area contributed by atoms with Crippen molar-refractivity contribution in [3.63, 3.8) is 0 Å². The van der Waals surface area contributed by atoms with E-state index in [2.05, 4.69) is 43.2 Å². The zero-order chi connectivity index (χ0) is 15.0. The molecule has 3 nitrogen and oxygen atoms in total. The third-order valence-corrected chi connectivity index (χ3v) is 5.22. The Labute approximate surface area is 131 Å². The van der Waals surface area contributed by atoms with Gasteiger partial charge in [-0.05, 0) is 19.4 Å². The third-order valence-electron chi connectivity index (χ3n) is 4.78. The smallest absolute Gasteiger partial charge is 0.0705 e. The van der Waals surface area contributed by atoms with Crippen molar-refractivity contribution < 1.29 is 4.74 Å². The monoisotopic (exact) mass is 306 g/mol. The maximum Gasteiger partial charge on any atom is 0.0705 e. The van der Waals surface area contributed by atoms with Crippen molar-refractivity contribution in [1.29, 1.82) is 0 Å². The second-order valence-electron chi connectivity index (χ2n) is 6.40. The summed E-state index contributed by atoms with van der Waals surface area (Å²) in [6.07, 6.45) is 1.43. The van der Waals surface area contributed by atoms with Crippen LogP contribution in [0.2, 0.25) is 5.02 Å². The summed E-state index contributed by atoms with van der Waals surface area (Å²) < 4.78 is 5.77. The van der Waals surface area contributed by atoms with Crippen molar-refractivity contribution in [2.75, 3.05) is 6.61 Å². The van der Waals surface area contributed by atoms with Crippen LogP contribution in [0.5, 0.6) is 0 Å². The Morgan fingerprint density at radius 3 is 2.81 bits per heavy atom. The Balaban J connectivity index is 1.66. The number of aromatic nitrogens is 1.